The van der Waals surface area contributed by atoms with Crippen LogP contribution in [-0.2, 0) is 44.0 Å². The van der Waals surface area contributed by atoms with Crippen LogP contribution in [0, 0.1) is 22.0 Å². The third-order valence-corrected chi connectivity index (χ3v) is 18.5. The number of hydrogen-bond acceptors (Lipinski definition) is 11. The molecule has 0 bridgehead atoms. The van der Waals surface area contributed by atoms with Crippen LogP contribution < -0.4 is 5.32 Å². The monoisotopic (exact) mass is 741 g/mol. The minimum absolute atomic E-state index is 0.0613. The summed E-state index contributed by atoms with van der Waals surface area (Å²) in [5.74, 6) is -2.85. The highest BCUT2D eigenvalue weighted by atomic mass is 32.2. The van der Waals surface area contributed by atoms with Crippen LogP contribution in [0.2, 0.25) is 18.1 Å². The summed E-state index contributed by atoms with van der Waals surface area (Å²) in [5, 5.41) is 13.3. The van der Waals surface area contributed by atoms with Gasteiger partial charge in [-0.25, -0.2) is 4.79 Å². The second-order valence-electron chi connectivity index (χ2n) is 13.8. The maximum Gasteiger partial charge on any atom is 0.360 e. The summed E-state index contributed by atoms with van der Waals surface area (Å²) in [6, 6.07) is 4.84. The van der Waals surface area contributed by atoms with E-state index >= 15 is 0 Å². The quantitative estimate of drug-likeness (QED) is 0.0550. The first kappa shape index (κ1) is 40.9. The van der Waals surface area contributed by atoms with Crippen molar-refractivity contribution < 1.29 is 42.3 Å². The second-order valence-corrected chi connectivity index (χ2v) is 22.8. The largest absolute Gasteiger partial charge is 0.456 e. The predicted octanol–water partition coefficient (Wildman–Crippen LogP) is 5.73. The van der Waals surface area contributed by atoms with Gasteiger partial charge in [-0.05, 0) is 56.6 Å². The summed E-state index contributed by atoms with van der Waals surface area (Å²) in [6.45, 7) is 20.0. The third-order valence-electron chi connectivity index (χ3n) is 9.43. The van der Waals surface area contributed by atoms with E-state index in [0.717, 1.165) is 11.8 Å². The van der Waals surface area contributed by atoms with Crippen molar-refractivity contribution in [2.45, 2.75) is 104 Å². The number of nitro groups is 1. The van der Waals surface area contributed by atoms with Crippen molar-refractivity contribution in [2.75, 3.05) is 25.9 Å². The number of non-ortho nitro benzene ring substituents is 1. The van der Waals surface area contributed by atoms with E-state index in [0.29, 0.717) is 12.1 Å². The zero-order chi connectivity index (χ0) is 36.9. The second kappa shape index (κ2) is 16.6. The molecule has 2 aliphatic heterocycles. The summed E-state index contributed by atoms with van der Waals surface area (Å²) >= 11 is 1.08. The van der Waals surface area contributed by atoms with Gasteiger partial charge in [-0.3, -0.25) is 29.4 Å². The molecule has 49 heavy (non-hydrogen) atoms. The Hall–Kier alpha value is -2.55. The molecule has 0 unspecified atom stereocenters. The summed E-state index contributed by atoms with van der Waals surface area (Å²) in [5.41, 5.74) is 0.343. The highest BCUT2D eigenvalue weighted by Gasteiger charge is 2.59. The summed E-state index contributed by atoms with van der Waals surface area (Å²) in [4.78, 5) is 66.5. The Bertz CT molecular complexity index is 1460. The zero-order valence-corrected chi connectivity index (χ0v) is 33.0. The van der Waals surface area contributed by atoms with Gasteiger partial charge in [0.15, 0.2) is 26.2 Å². The van der Waals surface area contributed by atoms with Crippen molar-refractivity contribution >= 4 is 61.4 Å². The molecule has 1 aromatic carbocycles. The van der Waals surface area contributed by atoms with Gasteiger partial charge in [0.05, 0.1) is 36.2 Å². The van der Waals surface area contributed by atoms with Gasteiger partial charge in [0, 0.05) is 42.4 Å². The molecule has 16 heteroatoms. The fraction of sp³-hybridized carbons (Fsp3) is 0.667. The number of nitro benzene ring substituents is 1. The molecule has 0 aliphatic carbocycles. The molecule has 13 nitrogen and oxygen atoms in total. The number of benzene rings is 1. The fourth-order valence-corrected chi connectivity index (χ4v) is 11.1. The van der Waals surface area contributed by atoms with E-state index in [1.165, 1.54) is 29.2 Å². The smallest absolute Gasteiger partial charge is 0.360 e. The average Bonchev–Trinajstić information content (AvgIpc) is 3.43. The summed E-state index contributed by atoms with van der Waals surface area (Å²) in [6.07, 6.45) is -0.104. The molecular weight excluding hydrogens is 690 g/mol. The first-order chi connectivity index (χ1) is 22.8. The van der Waals surface area contributed by atoms with E-state index in [-0.39, 0.29) is 64.8 Å². The Morgan fingerprint density at radius 1 is 1.10 bits per heavy atom. The Morgan fingerprint density at radius 2 is 1.69 bits per heavy atom. The van der Waals surface area contributed by atoms with E-state index in [4.69, 9.17) is 18.2 Å². The number of rotatable bonds is 16. The predicted molar refractivity (Wildman–Crippen MR) is 194 cm³/mol. The third kappa shape index (κ3) is 9.22. The Balaban J connectivity index is 2.11. The highest BCUT2D eigenvalue weighted by molar-refractivity contribution is 8.14. The van der Waals surface area contributed by atoms with E-state index in [2.05, 4.69) is 39.2 Å². The van der Waals surface area contributed by atoms with Crippen LogP contribution in [0.5, 0.6) is 0 Å². The Labute approximate surface area is 294 Å². The van der Waals surface area contributed by atoms with Crippen molar-refractivity contribution in [1.82, 2.24) is 10.2 Å². The van der Waals surface area contributed by atoms with Gasteiger partial charge in [0.2, 0.25) is 11.8 Å². The summed E-state index contributed by atoms with van der Waals surface area (Å²) in [7, 11) is -5.62. The standard InChI is InChI=1S/C33H52N3O10PSSi/c1-11-44-47(13-3,45-12-2)30(31(39)43-20-23-14-16-24(17-15-23)36(41)42)35-28(21(4)32(40)48-25-18-26(37)34-19-25)27(29(35)38)22(5)46-49(9,10)33(6,7)8/h14-17,21-22,25,27-28H,11-13,18-20H2,1-10H3,(H,34,37)/t21-,22-,25-,27-,28-/m1/s1. The maximum atomic E-state index is 14.5. The van der Waals surface area contributed by atoms with Gasteiger partial charge in [-0.15, -0.1) is 0 Å². The van der Waals surface area contributed by atoms with E-state index in [1.807, 2.05) is 13.8 Å². The van der Waals surface area contributed by atoms with E-state index in [9.17, 15) is 29.3 Å². The number of nitrogens with zero attached hydrogens (tertiary/aromatic N) is 2. The molecule has 0 spiro atoms. The first-order valence-corrected chi connectivity index (χ1v) is 22.4. The molecule has 0 saturated carbocycles. The normalized spacial score (nSPS) is 21.1. The van der Waals surface area contributed by atoms with Crippen LogP contribution in [0.15, 0.2) is 24.3 Å². The summed E-state index contributed by atoms with van der Waals surface area (Å²) < 4.78 is 25.0. The molecule has 3 rings (SSSR count). The molecule has 274 valence electrons. The van der Waals surface area contributed by atoms with Gasteiger partial charge >= 0.3 is 5.97 Å². The molecule has 2 aliphatic rings. The first-order valence-electron chi connectivity index (χ1n) is 16.8. The van der Waals surface area contributed by atoms with Crippen LogP contribution in [0.1, 0.15) is 67.4 Å². The van der Waals surface area contributed by atoms with E-state index in [1.54, 1.807) is 20.8 Å². The van der Waals surface area contributed by atoms with Crippen molar-refractivity contribution in [1.29, 1.82) is 0 Å². The number of carbonyl (C=O) groups excluding carboxylic acids is 4. The van der Waals surface area contributed by atoms with Crippen molar-refractivity contribution in [2.24, 2.45) is 11.8 Å². The highest BCUT2D eigenvalue weighted by Crippen LogP contribution is 2.55. The molecule has 5 atom stereocenters. The Kier molecular flexibility index (Phi) is 13.9. The van der Waals surface area contributed by atoms with Crippen molar-refractivity contribution in [3.05, 3.63) is 39.9 Å². The lowest BCUT2D eigenvalue weighted by molar-refractivity contribution is -0.384. The van der Waals surface area contributed by atoms with Crippen LogP contribution in [0.3, 0.4) is 0 Å². The minimum atomic E-state index is -3.26. The average molecular weight is 742 g/mol. The number of esters is 1. The number of nitrogens with one attached hydrogen (secondary N) is 1. The molecule has 1 aromatic rings. The van der Waals surface area contributed by atoms with Crippen molar-refractivity contribution in [3.63, 3.8) is 0 Å². The zero-order valence-electron chi connectivity index (χ0n) is 30.3. The molecule has 1 N–H and O–H groups in total. The van der Waals surface area contributed by atoms with Gasteiger partial charge < -0.3 is 23.5 Å². The molecule has 0 radical (unpaired) electrons. The van der Waals surface area contributed by atoms with Gasteiger partial charge in [0.1, 0.15) is 6.61 Å². The molecule has 2 saturated heterocycles. The van der Waals surface area contributed by atoms with Gasteiger partial charge in [-0.2, -0.15) is 0 Å². The van der Waals surface area contributed by atoms with E-state index < -0.39 is 56.4 Å². The number of likely N-dealkylation sites (tertiary alicyclic amines) is 1. The molecule has 2 fully saturated rings. The van der Waals surface area contributed by atoms with Gasteiger partial charge in [0.25, 0.3) is 5.69 Å². The molecule has 2 heterocycles. The number of ether oxygens (including phenoxy) is 1. The van der Waals surface area contributed by atoms with Crippen LogP contribution >= 0.6 is 19.1 Å². The number of amides is 2. The van der Waals surface area contributed by atoms with Crippen LogP contribution in [0.25, 0.3) is 0 Å². The SMILES string of the molecule is CCOP(CC)(OCC)=C(C(=O)OCc1ccc([N+](=O)[O-])cc1)N1C(=O)[C@H]([C@@H](C)O[Si](C)(C)C(C)(C)C)[C@H]1[C@@H](C)C(=O)S[C@H]1CNC(=O)C1. The number of β-lactam (4-membered cyclic amide) rings is 1. The molecule has 0 aromatic heterocycles. The van der Waals surface area contributed by atoms with Crippen LogP contribution in [0.4, 0.5) is 5.69 Å². The number of thioether (sulfide) groups is 1. The molecular formula is C33H52N3O10PSSi. The Morgan fingerprint density at radius 3 is 2.16 bits per heavy atom. The lowest BCUT2D eigenvalue weighted by Gasteiger charge is -2.54. The van der Waals surface area contributed by atoms with Crippen LogP contribution in [-0.4, -0.2) is 89.8 Å². The minimum Gasteiger partial charge on any atom is -0.456 e. The fourth-order valence-electron chi connectivity index (χ4n) is 5.82. The maximum absolute atomic E-state index is 14.5. The number of carbonyl (C=O) groups is 4. The molecule has 2 amide bonds. The van der Waals surface area contributed by atoms with Crippen molar-refractivity contribution in [3.8, 4) is 0 Å². The lowest BCUT2D eigenvalue weighted by atomic mass is 9.77. The lowest BCUT2D eigenvalue weighted by Crippen LogP contribution is -2.71. The number of hydrogen-bond donors (Lipinski definition) is 1. The van der Waals surface area contributed by atoms with Gasteiger partial charge in [-0.1, -0.05) is 46.4 Å². The topological polar surface area (TPSA) is 164 Å².